The minimum absolute atomic E-state index is 0.179. The van der Waals surface area contributed by atoms with E-state index in [-0.39, 0.29) is 12.3 Å². The van der Waals surface area contributed by atoms with Gasteiger partial charge >= 0.3 is 5.97 Å². The fourth-order valence-corrected chi connectivity index (χ4v) is 3.24. The van der Waals surface area contributed by atoms with Crippen molar-refractivity contribution in [2.45, 2.75) is 12.5 Å². The van der Waals surface area contributed by atoms with Gasteiger partial charge in [-0.3, -0.25) is 30.0 Å². The Balaban J connectivity index is 1.51. The van der Waals surface area contributed by atoms with Crippen molar-refractivity contribution in [3.8, 4) is 0 Å². The van der Waals surface area contributed by atoms with Gasteiger partial charge in [0.2, 0.25) is 0 Å². The number of rotatable bonds is 8. The van der Waals surface area contributed by atoms with Crippen LogP contribution in [0.1, 0.15) is 38.7 Å². The molecule has 0 radical (unpaired) electrons. The molecular weight excluding hydrogens is 502 g/mol. The summed E-state index contributed by atoms with van der Waals surface area (Å²) >= 11 is 3.27. The normalized spacial score (nSPS) is 11.1. The van der Waals surface area contributed by atoms with E-state index in [0.717, 1.165) is 10.0 Å². The largest absolute Gasteiger partial charge is 0.455 e. The molecule has 1 unspecified atom stereocenters. The zero-order valence-electron chi connectivity index (χ0n) is 18.0. The van der Waals surface area contributed by atoms with Gasteiger partial charge in [0.05, 0.1) is 12.5 Å². The van der Waals surface area contributed by atoms with Crippen molar-refractivity contribution in [1.82, 2.24) is 16.2 Å². The molecule has 0 bridgehead atoms. The number of hydrogen-bond donors (Lipinski definition) is 3. The smallest absolute Gasteiger partial charge is 0.308 e. The summed E-state index contributed by atoms with van der Waals surface area (Å²) in [6, 6.07) is 23.5. The molecule has 3 aromatic rings. The predicted octanol–water partition coefficient (Wildman–Crippen LogP) is 3.31. The van der Waals surface area contributed by atoms with Gasteiger partial charge in [-0.15, -0.1) is 0 Å². The topological polar surface area (TPSA) is 114 Å². The lowest BCUT2D eigenvalue weighted by molar-refractivity contribution is -0.149. The van der Waals surface area contributed by atoms with Crippen molar-refractivity contribution in [1.29, 1.82) is 0 Å². The molecule has 0 aliphatic rings. The second-order valence-electron chi connectivity index (χ2n) is 7.18. The van der Waals surface area contributed by atoms with Crippen LogP contribution in [0.4, 0.5) is 0 Å². The highest BCUT2D eigenvalue weighted by Gasteiger charge is 2.21. The Morgan fingerprint density at radius 3 is 1.97 bits per heavy atom. The van der Waals surface area contributed by atoms with Gasteiger partial charge in [-0.25, -0.2) is 0 Å². The molecule has 0 fully saturated rings. The van der Waals surface area contributed by atoms with Gasteiger partial charge in [-0.2, -0.15) is 0 Å². The zero-order chi connectivity index (χ0) is 24.3. The number of halogens is 1. The Kier molecular flexibility index (Phi) is 8.93. The average Bonchev–Trinajstić information content (AvgIpc) is 2.87. The van der Waals surface area contributed by atoms with Gasteiger partial charge < -0.3 is 10.1 Å². The number of carbonyl (C=O) groups excluding carboxylic acids is 4. The fraction of sp³-hybridized carbons (Fsp3) is 0.120. The summed E-state index contributed by atoms with van der Waals surface area (Å²) < 4.78 is 5.85. The lowest BCUT2D eigenvalue weighted by Crippen LogP contribution is -2.43. The van der Waals surface area contributed by atoms with Crippen LogP contribution in [0.3, 0.4) is 0 Å². The SMILES string of the molecule is O=C(COC(=O)CC(NC(=O)c1ccccc1)c1ccccc1)NNC(=O)c1ccc(Br)cc1. The van der Waals surface area contributed by atoms with E-state index in [0.29, 0.717) is 11.1 Å². The number of hydrogen-bond acceptors (Lipinski definition) is 5. The van der Waals surface area contributed by atoms with Gasteiger partial charge in [0, 0.05) is 15.6 Å². The Morgan fingerprint density at radius 1 is 0.735 bits per heavy atom. The van der Waals surface area contributed by atoms with Gasteiger partial charge in [-0.1, -0.05) is 64.5 Å². The van der Waals surface area contributed by atoms with Crippen molar-refractivity contribution >= 4 is 39.6 Å². The maximum atomic E-state index is 12.6. The molecule has 3 aromatic carbocycles. The predicted molar refractivity (Wildman–Crippen MR) is 128 cm³/mol. The molecule has 174 valence electrons. The summed E-state index contributed by atoms with van der Waals surface area (Å²) in [6.07, 6.45) is -0.179. The quantitative estimate of drug-likeness (QED) is 0.309. The lowest BCUT2D eigenvalue weighted by Gasteiger charge is -2.19. The number of nitrogens with one attached hydrogen (secondary N) is 3. The summed E-state index contributed by atoms with van der Waals surface area (Å²) in [4.78, 5) is 49.0. The Morgan fingerprint density at radius 2 is 1.32 bits per heavy atom. The van der Waals surface area contributed by atoms with Crippen LogP contribution in [0.2, 0.25) is 0 Å². The number of esters is 1. The maximum Gasteiger partial charge on any atom is 0.308 e. The maximum absolute atomic E-state index is 12.6. The highest BCUT2D eigenvalue weighted by atomic mass is 79.9. The Hall–Kier alpha value is -3.98. The number of carbonyl (C=O) groups is 4. The monoisotopic (exact) mass is 523 g/mol. The molecular formula is C25H22BrN3O5. The van der Waals surface area contributed by atoms with E-state index in [4.69, 9.17) is 4.74 Å². The minimum atomic E-state index is -0.705. The first-order valence-corrected chi connectivity index (χ1v) is 11.1. The van der Waals surface area contributed by atoms with E-state index in [2.05, 4.69) is 32.1 Å². The molecule has 3 rings (SSSR count). The Bertz CT molecular complexity index is 1140. The van der Waals surface area contributed by atoms with Crippen molar-refractivity contribution in [3.63, 3.8) is 0 Å². The van der Waals surface area contributed by atoms with Gasteiger partial charge in [0.15, 0.2) is 6.61 Å². The standard InChI is InChI=1S/C25H22BrN3O5/c26-20-13-11-19(12-14-20)25(33)29-28-22(30)16-34-23(31)15-21(17-7-3-1-4-8-17)27-24(32)18-9-5-2-6-10-18/h1-14,21H,15-16H2,(H,27,32)(H,28,30)(H,29,33). The lowest BCUT2D eigenvalue weighted by atomic mass is 10.0. The van der Waals surface area contributed by atoms with Crippen LogP contribution < -0.4 is 16.2 Å². The first kappa shape index (κ1) is 24.7. The second-order valence-corrected chi connectivity index (χ2v) is 8.09. The molecule has 34 heavy (non-hydrogen) atoms. The molecule has 1 atom stereocenters. The van der Waals surface area contributed by atoms with Crippen LogP contribution in [-0.4, -0.2) is 30.3 Å². The van der Waals surface area contributed by atoms with E-state index >= 15 is 0 Å². The van der Waals surface area contributed by atoms with Gasteiger partial charge in [-0.05, 0) is 42.0 Å². The first-order chi connectivity index (χ1) is 16.4. The van der Waals surface area contributed by atoms with Crippen molar-refractivity contribution in [3.05, 3.63) is 106 Å². The third-order valence-corrected chi connectivity index (χ3v) is 5.23. The van der Waals surface area contributed by atoms with E-state index < -0.39 is 30.4 Å². The number of benzene rings is 3. The van der Waals surface area contributed by atoms with Crippen LogP contribution in [0, 0.1) is 0 Å². The molecule has 0 heterocycles. The van der Waals surface area contributed by atoms with Crippen LogP contribution in [-0.2, 0) is 14.3 Å². The number of hydrazine groups is 1. The summed E-state index contributed by atoms with van der Waals surface area (Å²) in [7, 11) is 0. The van der Waals surface area contributed by atoms with Crippen molar-refractivity contribution < 1.29 is 23.9 Å². The van der Waals surface area contributed by atoms with Crippen LogP contribution >= 0.6 is 15.9 Å². The third kappa shape index (κ3) is 7.56. The molecule has 0 spiro atoms. The minimum Gasteiger partial charge on any atom is -0.455 e. The summed E-state index contributed by atoms with van der Waals surface area (Å²) in [6.45, 7) is -0.590. The van der Waals surface area contributed by atoms with E-state index in [9.17, 15) is 19.2 Å². The molecule has 9 heteroatoms. The van der Waals surface area contributed by atoms with E-state index in [1.165, 1.54) is 0 Å². The van der Waals surface area contributed by atoms with Crippen LogP contribution in [0.25, 0.3) is 0 Å². The molecule has 0 aliphatic carbocycles. The van der Waals surface area contributed by atoms with Crippen LogP contribution in [0.5, 0.6) is 0 Å². The molecule has 3 amide bonds. The molecule has 0 aliphatic heterocycles. The molecule has 8 nitrogen and oxygen atoms in total. The summed E-state index contributed by atoms with van der Waals surface area (Å²) in [5, 5.41) is 2.83. The number of ether oxygens (including phenoxy) is 1. The third-order valence-electron chi connectivity index (χ3n) is 4.70. The first-order valence-electron chi connectivity index (χ1n) is 10.3. The molecule has 0 saturated carbocycles. The highest BCUT2D eigenvalue weighted by Crippen LogP contribution is 2.18. The van der Waals surface area contributed by atoms with Crippen molar-refractivity contribution in [2.75, 3.05) is 6.61 Å². The zero-order valence-corrected chi connectivity index (χ0v) is 19.6. The number of amides is 3. The van der Waals surface area contributed by atoms with E-state index in [1.54, 1.807) is 78.9 Å². The summed E-state index contributed by atoms with van der Waals surface area (Å²) in [5.74, 6) is -2.24. The van der Waals surface area contributed by atoms with E-state index in [1.807, 2.05) is 6.07 Å². The molecule has 0 aromatic heterocycles. The average molecular weight is 524 g/mol. The summed E-state index contributed by atoms with van der Waals surface area (Å²) in [5.41, 5.74) is 5.96. The Labute approximate surface area is 204 Å². The second kappa shape index (κ2) is 12.3. The van der Waals surface area contributed by atoms with Crippen molar-refractivity contribution in [2.24, 2.45) is 0 Å². The van der Waals surface area contributed by atoms with Gasteiger partial charge in [0.25, 0.3) is 17.7 Å². The fourth-order valence-electron chi connectivity index (χ4n) is 2.98. The van der Waals surface area contributed by atoms with Gasteiger partial charge in [0.1, 0.15) is 0 Å². The van der Waals surface area contributed by atoms with Crippen LogP contribution in [0.15, 0.2) is 89.4 Å². The molecule has 3 N–H and O–H groups in total. The highest BCUT2D eigenvalue weighted by molar-refractivity contribution is 9.10. The molecule has 0 saturated heterocycles.